The van der Waals surface area contributed by atoms with Crippen LogP contribution in [-0.2, 0) is 17.6 Å². The minimum absolute atomic E-state index is 0.255. The molecule has 1 aliphatic carbocycles. The first-order chi connectivity index (χ1) is 9.15. The second-order valence-corrected chi connectivity index (χ2v) is 6.37. The highest BCUT2D eigenvalue weighted by Gasteiger charge is 2.32. The van der Waals surface area contributed by atoms with Crippen LogP contribution < -0.4 is 5.73 Å². The number of nitrogens with two attached hydrogens (primary N) is 1. The third-order valence-electron chi connectivity index (χ3n) is 4.27. The predicted octanol–water partition coefficient (Wildman–Crippen LogP) is 3.18. The molecule has 1 aliphatic rings. The van der Waals surface area contributed by atoms with Crippen LogP contribution in [0.25, 0.3) is 0 Å². The van der Waals surface area contributed by atoms with E-state index in [4.69, 9.17) is 10.5 Å². The molecule has 0 heterocycles. The Kier molecular flexibility index (Phi) is 5.00. The summed E-state index contributed by atoms with van der Waals surface area (Å²) in [7, 11) is 0. The highest BCUT2D eigenvalue weighted by Crippen LogP contribution is 2.37. The standard InChI is InChI=1S/C17H27NO/c1-14(2)12-19-10-9-17(13-18)8-7-15-5-3-4-6-16(15)11-17/h3-6,14H,7-13,18H2,1-2H3. The Hall–Kier alpha value is -0.860. The molecule has 1 aromatic carbocycles. The molecule has 1 aromatic rings. The molecular weight excluding hydrogens is 234 g/mol. The summed E-state index contributed by atoms with van der Waals surface area (Å²) in [5, 5.41) is 0. The van der Waals surface area contributed by atoms with Crippen LogP contribution >= 0.6 is 0 Å². The lowest BCUT2D eigenvalue weighted by molar-refractivity contribution is 0.0730. The zero-order chi connectivity index (χ0) is 13.7. The van der Waals surface area contributed by atoms with Crippen LogP contribution in [0.4, 0.5) is 0 Å². The summed E-state index contributed by atoms with van der Waals surface area (Å²) in [5.74, 6) is 0.612. The van der Waals surface area contributed by atoms with Crippen LogP contribution in [0.1, 0.15) is 37.8 Å². The van der Waals surface area contributed by atoms with Gasteiger partial charge in [0.15, 0.2) is 0 Å². The highest BCUT2D eigenvalue weighted by molar-refractivity contribution is 5.31. The molecule has 0 fully saturated rings. The van der Waals surface area contributed by atoms with Crippen LogP contribution in [0.3, 0.4) is 0 Å². The van der Waals surface area contributed by atoms with Gasteiger partial charge in [-0.3, -0.25) is 0 Å². The molecule has 0 saturated heterocycles. The molecule has 0 aliphatic heterocycles. The first kappa shape index (κ1) is 14.5. The van der Waals surface area contributed by atoms with Gasteiger partial charge in [-0.15, -0.1) is 0 Å². The van der Waals surface area contributed by atoms with E-state index in [9.17, 15) is 0 Å². The van der Waals surface area contributed by atoms with Gasteiger partial charge in [0.1, 0.15) is 0 Å². The maximum atomic E-state index is 6.08. The van der Waals surface area contributed by atoms with E-state index in [0.717, 1.165) is 39.0 Å². The van der Waals surface area contributed by atoms with Crippen molar-refractivity contribution >= 4 is 0 Å². The number of hydrogen-bond donors (Lipinski definition) is 1. The van der Waals surface area contributed by atoms with Crippen molar-refractivity contribution in [2.45, 2.75) is 39.5 Å². The van der Waals surface area contributed by atoms with Crippen molar-refractivity contribution in [2.75, 3.05) is 19.8 Å². The summed E-state index contributed by atoms with van der Waals surface area (Å²) in [5.41, 5.74) is 9.34. The molecule has 2 N–H and O–H groups in total. The Labute approximate surface area is 117 Å². The van der Waals surface area contributed by atoms with Gasteiger partial charge in [-0.05, 0) is 54.7 Å². The van der Waals surface area contributed by atoms with E-state index < -0.39 is 0 Å². The molecule has 0 saturated carbocycles. The van der Waals surface area contributed by atoms with Crippen molar-refractivity contribution in [2.24, 2.45) is 17.1 Å². The number of aryl methyl sites for hydroxylation is 1. The Morgan fingerprint density at radius 3 is 2.68 bits per heavy atom. The van der Waals surface area contributed by atoms with Gasteiger partial charge in [-0.25, -0.2) is 0 Å². The number of fused-ring (bicyclic) bond motifs is 1. The van der Waals surface area contributed by atoms with Crippen LogP contribution in [0.2, 0.25) is 0 Å². The molecule has 2 heteroatoms. The minimum Gasteiger partial charge on any atom is -0.381 e. The van der Waals surface area contributed by atoms with E-state index in [1.54, 1.807) is 0 Å². The van der Waals surface area contributed by atoms with Crippen LogP contribution in [0, 0.1) is 11.3 Å². The monoisotopic (exact) mass is 261 g/mol. The van der Waals surface area contributed by atoms with Gasteiger partial charge < -0.3 is 10.5 Å². The lowest BCUT2D eigenvalue weighted by atomic mass is 9.70. The predicted molar refractivity (Wildman–Crippen MR) is 80.2 cm³/mol. The lowest BCUT2D eigenvalue weighted by Gasteiger charge is -2.37. The molecule has 0 amide bonds. The number of rotatable bonds is 6. The van der Waals surface area contributed by atoms with Gasteiger partial charge >= 0.3 is 0 Å². The maximum absolute atomic E-state index is 6.08. The van der Waals surface area contributed by atoms with E-state index >= 15 is 0 Å². The zero-order valence-electron chi connectivity index (χ0n) is 12.3. The number of benzene rings is 1. The average molecular weight is 261 g/mol. The van der Waals surface area contributed by atoms with E-state index in [1.807, 2.05) is 0 Å². The quantitative estimate of drug-likeness (QED) is 0.798. The summed E-state index contributed by atoms with van der Waals surface area (Å²) >= 11 is 0. The summed E-state index contributed by atoms with van der Waals surface area (Å²) < 4.78 is 5.76. The Balaban J connectivity index is 1.93. The Morgan fingerprint density at radius 2 is 2.00 bits per heavy atom. The molecule has 2 nitrogen and oxygen atoms in total. The Bertz CT molecular complexity index is 402. The van der Waals surface area contributed by atoms with Gasteiger partial charge in [0.2, 0.25) is 0 Å². The molecule has 0 radical (unpaired) electrons. The fourth-order valence-corrected chi connectivity index (χ4v) is 2.96. The normalized spacial score (nSPS) is 22.5. The van der Waals surface area contributed by atoms with Crippen molar-refractivity contribution in [1.29, 1.82) is 0 Å². The molecule has 2 rings (SSSR count). The van der Waals surface area contributed by atoms with Crippen molar-refractivity contribution in [3.63, 3.8) is 0 Å². The summed E-state index contributed by atoms with van der Waals surface area (Å²) in [6, 6.07) is 8.79. The lowest BCUT2D eigenvalue weighted by Crippen LogP contribution is -2.37. The smallest absolute Gasteiger partial charge is 0.0488 e. The first-order valence-electron chi connectivity index (χ1n) is 7.50. The number of ether oxygens (including phenoxy) is 1. The second kappa shape index (κ2) is 6.53. The van der Waals surface area contributed by atoms with Crippen molar-refractivity contribution in [3.8, 4) is 0 Å². The highest BCUT2D eigenvalue weighted by atomic mass is 16.5. The maximum Gasteiger partial charge on any atom is 0.0488 e. The summed E-state index contributed by atoms with van der Waals surface area (Å²) in [6.45, 7) is 6.85. The largest absolute Gasteiger partial charge is 0.381 e. The molecule has 1 atom stereocenters. The summed E-state index contributed by atoms with van der Waals surface area (Å²) in [6.07, 6.45) is 4.57. The molecule has 0 bridgehead atoms. The minimum atomic E-state index is 0.255. The fourth-order valence-electron chi connectivity index (χ4n) is 2.96. The topological polar surface area (TPSA) is 35.2 Å². The van der Waals surface area contributed by atoms with E-state index in [2.05, 4.69) is 38.1 Å². The SMILES string of the molecule is CC(C)COCCC1(CN)CCc2ccccc2C1. The Morgan fingerprint density at radius 1 is 1.26 bits per heavy atom. The van der Waals surface area contributed by atoms with Crippen LogP contribution in [0.5, 0.6) is 0 Å². The van der Waals surface area contributed by atoms with Gasteiger partial charge in [0, 0.05) is 13.2 Å². The van der Waals surface area contributed by atoms with Crippen LogP contribution in [-0.4, -0.2) is 19.8 Å². The van der Waals surface area contributed by atoms with Gasteiger partial charge in [-0.1, -0.05) is 38.1 Å². The van der Waals surface area contributed by atoms with Gasteiger partial charge in [0.05, 0.1) is 0 Å². The fraction of sp³-hybridized carbons (Fsp3) is 0.647. The number of hydrogen-bond acceptors (Lipinski definition) is 2. The third kappa shape index (κ3) is 3.80. The average Bonchev–Trinajstić information content (AvgIpc) is 2.43. The summed E-state index contributed by atoms with van der Waals surface area (Å²) in [4.78, 5) is 0. The van der Waals surface area contributed by atoms with Crippen molar-refractivity contribution in [1.82, 2.24) is 0 Å². The first-order valence-corrected chi connectivity index (χ1v) is 7.50. The van der Waals surface area contributed by atoms with E-state index in [1.165, 1.54) is 17.5 Å². The molecule has 19 heavy (non-hydrogen) atoms. The zero-order valence-corrected chi connectivity index (χ0v) is 12.3. The molecule has 1 unspecified atom stereocenters. The molecule has 0 spiro atoms. The molecule has 106 valence electrons. The second-order valence-electron chi connectivity index (χ2n) is 6.37. The van der Waals surface area contributed by atoms with Crippen molar-refractivity contribution in [3.05, 3.63) is 35.4 Å². The van der Waals surface area contributed by atoms with Gasteiger partial charge in [-0.2, -0.15) is 0 Å². The van der Waals surface area contributed by atoms with E-state index in [-0.39, 0.29) is 5.41 Å². The van der Waals surface area contributed by atoms with Gasteiger partial charge in [0.25, 0.3) is 0 Å². The third-order valence-corrected chi connectivity index (χ3v) is 4.27. The van der Waals surface area contributed by atoms with E-state index in [0.29, 0.717) is 5.92 Å². The van der Waals surface area contributed by atoms with Crippen molar-refractivity contribution < 1.29 is 4.74 Å². The van der Waals surface area contributed by atoms with Crippen LogP contribution in [0.15, 0.2) is 24.3 Å². The molecule has 0 aromatic heterocycles. The molecular formula is C17H27NO.